The average Bonchev–Trinajstić information content (AvgIpc) is 3.59. The van der Waals surface area contributed by atoms with Gasteiger partial charge >= 0.3 is 0 Å². The summed E-state index contributed by atoms with van der Waals surface area (Å²) in [5.41, 5.74) is 8.60. The Morgan fingerprint density at radius 1 is 0.309 bits per heavy atom. The lowest BCUT2D eigenvalue weighted by molar-refractivity contribution is 1.07. The first-order chi connectivity index (χ1) is 27.2. The van der Waals surface area contributed by atoms with Gasteiger partial charge in [-0.1, -0.05) is 164 Å². The van der Waals surface area contributed by atoms with Gasteiger partial charge in [-0.15, -0.1) is 0 Å². The van der Waals surface area contributed by atoms with Crippen LogP contribution in [0.1, 0.15) is 0 Å². The molecule has 0 amide bonds. The normalized spacial score (nSPS) is 11.6. The largest absolute Gasteiger partial charge is 0.309 e. The van der Waals surface area contributed by atoms with Crippen LogP contribution >= 0.6 is 0 Å². The minimum absolute atomic E-state index is 0.637. The molecule has 2 heterocycles. The second kappa shape index (κ2) is 12.6. The van der Waals surface area contributed by atoms with Crippen molar-refractivity contribution < 1.29 is 0 Å². The van der Waals surface area contributed by atoms with E-state index in [0.717, 1.165) is 38.9 Å². The second-order valence-corrected chi connectivity index (χ2v) is 14.1. The molecule has 0 unspecified atom stereocenters. The van der Waals surface area contributed by atoms with Crippen molar-refractivity contribution in [2.24, 2.45) is 0 Å². The molecule has 2 aromatic heterocycles. The lowest BCUT2D eigenvalue weighted by atomic mass is 10.0. The Hall–Kier alpha value is -7.43. The highest BCUT2D eigenvalue weighted by molar-refractivity contribution is 6.23. The predicted octanol–water partition coefficient (Wildman–Crippen LogP) is 13.1. The topological polar surface area (TPSA) is 43.6 Å². The molecule has 0 aliphatic rings. The molecule has 0 aliphatic carbocycles. The third kappa shape index (κ3) is 5.26. The van der Waals surface area contributed by atoms with Crippen LogP contribution in [0.25, 0.3) is 105 Å². The van der Waals surface area contributed by atoms with Crippen molar-refractivity contribution >= 4 is 54.1 Å². The van der Waals surface area contributed by atoms with E-state index in [1.807, 2.05) is 30.3 Å². The van der Waals surface area contributed by atoms with Gasteiger partial charge in [0.05, 0.1) is 16.7 Å². The summed E-state index contributed by atoms with van der Waals surface area (Å²) in [6.07, 6.45) is 0. The molecule has 0 atom stereocenters. The first-order valence-corrected chi connectivity index (χ1v) is 18.6. The molecular weight excluding hydrogens is 669 g/mol. The summed E-state index contributed by atoms with van der Waals surface area (Å²) in [4.78, 5) is 15.0. The molecule has 55 heavy (non-hydrogen) atoms. The Morgan fingerprint density at radius 3 is 1.60 bits per heavy atom. The molecule has 256 valence electrons. The minimum atomic E-state index is 0.637. The first-order valence-electron chi connectivity index (χ1n) is 18.6. The van der Waals surface area contributed by atoms with Gasteiger partial charge in [-0.2, -0.15) is 0 Å². The van der Waals surface area contributed by atoms with Crippen LogP contribution in [0.2, 0.25) is 0 Å². The number of benzene rings is 9. The van der Waals surface area contributed by atoms with Crippen LogP contribution in [-0.4, -0.2) is 19.5 Å². The van der Waals surface area contributed by atoms with Crippen molar-refractivity contribution in [3.05, 3.63) is 194 Å². The van der Waals surface area contributed by atoms with Gasteiger partial charge in [-0.25, -0.2) is 15.0 Å². The zero-order valence-electron chi connectivity index (χ0n) is 29.8. The van der Waals surface area contributed by atoms with E-state index in [0.29, 0.717) is 17.5 Å². The Labute approximate surface area is 317 Å². The van der Waals surface area contributed by atoms with Gasteiger partial charge in [0.25, 0.3) is 0 Å². The van der Waals surface area contributed by atoms with Crippen LogP contribution in [0.15, 0.2) is 194 Å². The van der Waals surface area contributed by atoms with E-state index in [1.165, 1.54) is 48.7 Å². The highest BCUT2D eigenvalue weighted by atomic mass is 15.0. The van der Waals surface area contributed by atoms with E-state index in [1.54, 1.807) is 0 Å². The summed E-state index contributed by atoms with van der Waals surface area (Å²) in [7, 11) is 0. The molecule has 11 rings (SSSR count). The van der Waals surface area contributed by atoms with Crippen LogP contribution < -0.4 is 0 Å². The maximum absolute atomic E-state index is 5.06. The molecule has 0 fully saturated rings. The summed E-state index contributed by atoms with van der Waals surface area (Å²) >= 11 is 0. The van der Waals surface area contributed by atoms with Crippen molar-refractivity contribution in [2.45, 2.75) is 0 Å². The fraction of sp³-hybridized carbons (Fsp3) is 0. The van der Waals surface area contributed by atoms with Crippen molar-refractivity contribution in [1.82, 2.24) is 19.5 Å². The standard InChI is InChI=1S/C51H32N4/c1-2-14-36(15-3-1)49-52-50(54-51(53-49)41-27-22-33-12-4-5-16-38(33)30-41)37-25-23-35(24-26-37)42-19-10-11-21-45(42)55-46-29-28-34-13-8-9-20-43(34)48(46)44-31-39-17-6-7-18-40(39)32-47(44)55/h1-32H. The van der Waals surface area contributed by atoms with Crippen molar-refractivity contribution in [3.63, 3.8) is 0 Å². The Bertz CT molecular complexity index is 3250. The first kappa shape index (κ1) is 31.1. The molecule has 0 radical (unpaired) electrons. The number of aromatic nitrogens is 4. The molecule has 0 aliphatic heterocycles. The third-order valence-corrected chi connectivity index (χ3v) is 10.8. The molecule has 4 nitrogen and oxygen atoms in total. The molecule has 0 spiro atoms. The number of para-hydroxylation sites is 1. The van der Waals surface area contributed by atoms with E-state index in [4.69, 9.17) is 15.0 Å². The smallest absolute Gasteiger partial charge is 0.164 e. The van der Waals surface area contributed by atoms with Crippen LogP contribution in [-0.2, 0) is 0 Å². The number of rotatable bonds is 5. The highest BCUT2D eigenvalue weighted by Crippen LogP contribution is 2.41. The fourth-order valence-corrected chi connectivity index (χ4v) is 8.12. The second-order valence-electron chi connectivity index (χ2n) is 14.1. The number of hydrogen-bond acceptors (Lipinski definition) is 3. The molecule has 9 aromatic carbocycles. The SMILES string of the molecule is c1ccc(-c2nc(-c3ccc(-c4ccccc4-n4c5cc6ccccc6cc5c5c6ccccc6ccc54)cc3)nc(-c3ccc4ccccc4c3)n2)cc1. The van der Waals surface area contributed by atoms with Crippen molar-refractivity contribution in [1.29, 1.82) is 0 Å². The van der Waals surface area contributed by atoms with Crippen molar-refractivity contribution in [2.75, 3.05) is 0 Å². The third-order valence-electron chi connectivity index (χ3n) is 10.8. The monoisotopic (exact) mass is 700 g/mol. The Kier molecular flexibility index (Phi) is 7.14. The van der Waals surface area contributed by atoms with Gasteiger partial charge in [-0.05, 0) is 68.2 Å². The van der Waals surface area contributed by atoms with Gasteiger partial charge in [0, 0.05) is 33.0 Å². The van der Waals surface area contributed by atoms with Gasteiger partial charge in [0.15, 0.2) is 17.5 Å². The minimum Gasteiger partial charge on any atom is -0.309 e. The lowest BCUT2D eigenvalue weighted by Crippen LogP contribution is -2.00. The molecule has 0 saturated carbocycles. The van der Waals surface area contributed by atoms with Gasteiger partial charge in [0.1, 0.15) is 0 Å². The van der Waals surface area contributed by atoms with E-state index in [9.17, 15) is 0 Å². The number of hydrogen-bond donors (Lipinski definition) is 0. The van der Waals surface area contributed by atoms with E-state index in [-0.39, 0.29) is 0 Å². The lowest BCUT2D eigenvalue weighted by Gasteiger charge is -2.15. The summed E-state index contributed by atoms with van der Waals surface area (Å²) in [6, 6.07) is 68.8. The van der Waals surface area contributed by atoms with Gasteiger partial charge in [0.2, 0.25) is 0 Å². The fourth-order valence-electron chi connectivity index (χ4n) is 8.12. The summed E-state index contributed by atoms with van der Waals surface area (Å²) < 4.78 is 2.45. The van der Waals surface area contributed by atoms with Crippen LogP contribution in [0.4, 0.5) is 0 Å². The van der Waals surface area contributed by atoms with Crippen LogP contribution in [0.5, 0.6) is 0 Å². The maximum atomic E-state index is 5.06. The highest BCUT2D eigenvalue weighted by Gasteiger charge is 2.19. The average molecular weight is 701 g/mol. The summed E-state index contributed by atoms with van der Waals surface area (Å²) in [6.45, 7) is 0. The molecule has 0 saturated heterocycles. The molecule has 11 aromatic rings. The zero-order chi connectivity index (χ0) is 36.3. The molecule has 0 bridgehead atoms. The number of nitrogens with zero attached hydrogens (tertiary/aromatic N) is 4. The molecular formula is C51H32N4. The Balaban J connectivity index is 1.06. The summed E-state index contributed by atoms with van der Waals surface area (Å²) in [5, 5.41) is 9.82. The van der Waals surface area contributed by atoms with E-state index in [2.05, 4.69) is 168 Å². The predicted molar refractivity (Wildman–Crippen MR) is 228 cm³/mol. The van der Waals surface area contributed by atoms with Crippen LogP contribution in [0, 0.1) is 0 Å². The zero-order valence-corrected chi connectivity index (χ0v) is 29.8. The van der Waals surface area contributed by atoms with E-state index >= 15 is 0 Å². The van der Waals surface area contributed by atoms with Gasteiger partial charge in [-0.3, -0.25) is 0 Å². The van der Waals surface area contributed by atoms with E-state index < -0.39 is 0 Å². The van der Waals surface area contributed by atoms with Crippen LogP contribution in [0.3, 0.4) is 0 Å². The quantitative estimate of drug-likeness (QED) is 0.179. The van der Waals surface area contributed by atoms with Gasteiger partial charge < -0.3 is 4.57 Å². The maximum Gasteiger partial charge on any atom is 0.164 e. The Morgan fingerprint density at radius 2 is 0.836 bits per heavy atom. The molecule has 4 heteroatoms. The van der Waals surface area contributed by atoms with Crippen molar-refractivity contribution in [3.8, 4) is 51.0 Å². The number of fused-ring (bicyclic) bond motifs is 7. The molecule has 0 N–H and O–H groups in total. The summed E-state index contributed by atoms with van der Waals surface area (Å²) in [5.74, 6) is 1.93.